The Kier molecular flexibility index (Phi) is 8.12. The minimum atomic E-state index is -0.745. The minimum absolute atomic E-state index is 0.0275. The molecular weight excluding hydrogens is 434 g/mol. The molecule has 2 amide bonds. The van der Waals surface area contributed by atoms with Gasteiger partial charge in [-0.3, -0.25) is 15.1 Å². The van der Waals surface area contributed by atoms with Crippen LogP contribution in [0, 0.1) is 11.6 Å². The topological polar surface area (TPSA) is 74.3 Å². The molecule has 1 fully saturated rings. The molecule has 33 heavy (non-hydrogen) atoms. The van der Waals surface area contributed by atoms with Crippen molar-refractivity contribution in [2.24, 2.45) is 0 Å². The van der Waals surface area contributed by atoms with Gasteiger partial charge in [0.1, 0.15) is 11.6 Å². The number of nitrogens with one attached hydrogen (secondary N) is 1. The Balaban J connectivity index is 1.49. The fourth-order valence-corrected chi connectivity index (χ4v) is 3.76. The maximum atomic E-state index is 14.6. The first-order valence-corrected chi connectivity index (χ1v) is 11.2. The first-order chi connectivity index (χ1) is 15.7. The molecule has 0 unspecified atom stereocenters. The Labute approximate surface area is 193 Å². The highest BCUT2D eigenvalue weighted by molar-refractivity contribution is 5.94. The van der Waals surface area contributed by atoms with E-state index in [1.807, 2.05) is 19.9 Å². The van der Waals surface area contributed by atoms with Crippen molar-refractivity contribution in [2.75, 3.05) is 45.2 Å². The van der Waals surface area contributed by atoms with Crippen LogP contribution >= 0.6 is 0 Å². The maximum Gasteiger partial charge on any atom is 0.410 e. The third-order valence-corrected chi connectivity index (χ3v) is 5.62. The molecule has 182 valence electrons. The predicted octanol–water partition coefficient (Wildman–Crippen LogP) is 3.29. The molecule has 0 saturated carbocycles. The lowest BCUT2D eigenvalue weighted by Crippen LogP contribution is -2.43. The van der Waals surface area contributed by atoms with Gasteiger partial charge in [-0.15, -0.1) is 0 Å². The molecule has 3 rings (SSSR count). The standard InChI is InChI=1S/C23H32F2N4O4/c1-15(2)32-23(31)29-11-7-17(8-12-29)33-26-16-5-9-28(10-6-16)21-14-19(24)18(13-20(21)25)22(30)27(3)4/h5,13-15,17,26H,6-12H2,1-4H3. The second-order valence-electron chi connectivity index (χ2n) is 8.75. The van der Waals surface area contributed by atoms with E-state index in [0.717, 1.165) is 17.8 Å². The molecule has 1 saturated heterocycles. The molecule has 1 aromatic carbocycles. The number of halogens is 2. The van der Waals surface area contributed by atoms with Gasteiger partial charge in [-0.1, -0.05) is 0 Å². The normalized spacial score (nSPS) is 17.1. The SMILES string of the molecule is CC(C)OC(=O)N1CCC(ONC2=CCN(c3cc(F)c(C(=O)N(C)C)cc3F)CC2)CC1. The van der Waals surface area contributed by atoms with Crippen LogP contribution in [0.4, 0.5) is 19.3 Å². The van der Waals surface area contributed by atoms with Crippen LogP contribution in [0.2, 0.25) is 0 Å². The quantitative estimate of drug-likeness (QED) is 0.649. The first kappa shape index (κ1) is 24.8. The molecule has 0 aromatic heterocycles. The summed E-state index contributed by atoms with van der Waals surface area (Å²) in [5, 5.41) is 0. The first-order valence-electron chi connectivity index (χ1n) is 11.2. The van der Waals surface area contributed by atoms with Gasteiger partial charge in [0.15, 0.2) is 0 Å². The number of hydrogen-bond donors (Lipinski definition) is 1. The highest BCUT2D eigenvalue weighted by Crippen LogP contribution is 2.26. The Morgan fingerprint density at radius 1 is 1.12 bits per heavy atom. The molecule has 2 heterocycles. The molecule has 0 aliphatic carbocycles. The Bertz CT molecular complexity index is 899. The van der Waals surface area contributed by atoms with Crippen LogP contribution in [-0.4, -0.2) is 74.3 Å². The number of anilines is 1. The van der Waals surface area contributed by atoms with Crippen LogP contribution in [0.15, 0.2) is 23.9 Å². The molecule has 2 aliphatic rings. The average Bonchev–Trinajstić information content (AvgIpc) is 2.78. The molecule has 8 nitrogen and oxygen atoms in total. The van der Waals surface area contributed by atoms with Crippen LogP contribution in [0.25, 0.3) is 0 Å². The summed E-state index contributed by atoms with van der Waals surface area (Å²) in [5.74, 6) is -1.96. The number of ether oxygens (including phenoxy) is 1. The summed E-state index contributed by atoms with van der Waals surface area (Å²) in [6, 6.07) is 2.03. The van der Waals surface area contributed by atoms with Crippen molar-refractivity contribution in [1.82, 2.24) is 15.3 Å². The summed E-state index contributed by atoms with van der Waals surface area (Å²) in [5.41, 5.74) is 3.69. The predicted molar refractivity (Wildman–Crippen MR) is 120 cm³/mol. The largest absolute Gasteiger partial charge is 0.447 e. The van der Waals surface area contributed by atoms with Gasteiger partial charge in [-0.25, -0.2) is 13.6 Å². The van der Waals surface area contributed by atoms with Gasteiger partial charge >= 0.3 is 6.09 Å². The summed E-state index contributed by atoms with van der Waals surface area (Å²) in [4.78, 5) is 34.3. The monoisotopic (exact) mass is 466 g/mol. The van der Waals surface area contributed by atoms with Crippen LogP contribution in [0.3, 0.4) is 0 Å². The van der Waals surface area contributed by atoms with E-state index in [-0.39, 0.29) is 29.6 Å². The lowest BCUT2D eigenvalue weighted by molar-refractivity contribution is -0.0415. The Morgan fingerprint density at radius 3 is 2.39 bits per heavy atom. The molecule has 0 radical (unpaired) electrons. The van der Waals surface area contributed by atoms with E-state index < -0.39 is 17.5 Å². The maximum absolute atomic E-state index is 14.6. The van der Waals surface area contributed by atoms with Crippen molar-refractivity contribution >= 4 is 17.7 Å². The second kappa shape index (κ2) is 10.8. The van der Waals surface area contributed by atoms with Crippen molar-refractivity contribution in [2.45, 2.75) is 45.3 Å². The van der Waals surface area contributed by atoms with Gasteiger partial charge in [0, 0.05) is 58.5 Å². The van der Waals surface area contributed by atoms with Gasteiger partial charge in [0.2, 0.25) is 0 Å². The van der Waals surface area contributed by atoms with E-state index in [0.29, 0.717) is 45.4 Å². The summed E-state index contributed by atoms with van der Waals surface area (Å²) in [6.45, 7) is 5.64. The fourth-order valence-electron chi connectivity index (χ4n) is 3.76. The number of nitrogens with zero attached hydrogens (tertiary/aromatic N) is 3. The van der Waals surface area contributed by atoms with Crippen LogP contribution in [0.1, 0.15) is 43.5 Å². The number of hydrogen-bond acceptors (Lipinski definition) is 6. The van der Waals surface area contributed by atoms with Crippen molar-refractivity contribution < 1.29 is 27.9 Å². The molecule has 10 heteroatoms. The summed E-state index contributed by atoms with van der Waals surface area (Å²) in [6.07, 6.45) is 3.36. The van der Waals surface area contributed by atoms with Gasteiger partial charge in [-0.05, 0) is 38.8 Å². The minimum Gasteiger partial charge on any atom is -0.447 e. The van der Waals surface area contributed by atoms with E-state index in [9.17, 15) is 18.4 Å². The average molecular weight is 467 g/mol. The highest BCUT2D eigenvalue weighted by atomic mass is 19.1. The van der Waals surface area contributed by atoms with Crippen molar-refractivity contribution in [1.29, 1.82) is 0 Å². The number of carbonyl (C=O) groups excluding carboxylic acids is 2. The Hall–Kier alpha value is -2.88. The van der Waals surface area contributed by atoms with Crippen LogP contribution < -0.4 is 10.4 Å². The summed E-state index contributed by atoms with van der Waals surface area (Å²) in [7, 11) is 2.98. The zero-order chi connectivity index (χ0) is 24.1. The van der Waals surface area contributed by atoms with E-state index in [1.54, 1.807) is 9.80 Å². The molecule has 2 aliphatic heterocycles. The van der Waals surface area contributed by atoms with Gasteiger partial charge in [0.05, 0.1) is 23.5 Å². The van der Waals surface area contributed by atoms with E-state index in [4.69, 9.17) is 9.57 Å². The third kappa shape index (κ3) is 6.34. The zero-order valence-electron chi connectivity index (χ0n) is 19.6. The molecule has 0 bridgehead atoms. The number of hydroxylamine groups is 1. The Morgan fingerprint density at radius 2 is 1.82 bits per heavy atom. The number of amides is 2. The van der Waals surface area contributed by atoms with Crippen molar-refractivity contribution in [3.63, 3.8) is 0 Å². The lowest BCUT2D eigenvalue weighted by atomic mass is 10.1. The zero-order valence-corrected chi connectivity index (χ0v) is 19.6. The number of carbonyl (C=O) groups is 2. The van der Waals surface area contributed by atoms with Gasteiger partial charge < -0.3 is 19.4 Å². The van der Waals surface area contributed by atoms with E-state index in [2.05, 4.69) is 5.48 Å². The van der Waals surface area contributed by atoms with Gasteiger partial charge in [0.25, 0.3) is 5.91 Å². The van der Waals surface area contributed by atoms with E-state index in [1.165, 1.54) is 19.0 Å². The molecular formula is C23H32F2N4O4. The summed E-state index contributed by atoms with van der Waals surface area (Å²) >= 11 is 0. The van der Waals surface area contributed by atoms with E-state index >= 15 is 0 Å². The number of benzene rings is 1. The number of likely N-dealkylation sites (tertiary alicyclic amines) is 1. The number of piperidine rings is 1. The van der Waals surface area contributed by atoms with Crippen LogP contribution in [0.5, 0.6) is 0 Å². The molecule has 1 aromatic rings. The van der Waals surface area contributed by atoms with Gasteiger partial charge in [-0.2, -0.15) is 0 Å². The molecule has 0 atom stereocenters. The highest BCUT2D eigenvalue weighted by Gasteiger charge is 2.26. The molecule has 0 spiro atoms. The third-order valence-electron chi connectivity index (χ3n) is 5.62. The smallest absolute Gasteiger partial charge is 0.410 e. The molecule has 1 N–H and O–H groups in total. The van der Waals surface area contributed by atoms with Crippen molar-refractivity contribution in [3.05, 3.63) is 41.1 Å². The van der Waals surface area contributed by atoms with Crippen LogP contribution in [-0.2, 0) is 9.57 Å². The fraction of sp³-hybridized carbons (Fsp3) is 0.565. The number of rotatable bonds is 6. The van der Waals surface area contributed by atoms with Crippen molar-refractivity contribution in [3.8, 4) is 0 Å². The lowest BCUT2D eigenvalue weighted by Gasteiger charge is -2.33. The second-order valence-corrected chi connectivity index (χ2v) is 8.75. The summed E-state index contributed by atoms with van der Waals surface area (Å²) < 4.78 is 34.2.